The zero-order valence-electron chi connectivity index (χ0n) is 16.0. The maximum atomic E-state index is 12.4. The van der Waals surface area contributed by atoms with E-state index >= 15 is 0 Å². The number of nitrogens with one attached hydrogen (secondary N) is 1. The lowest BCUT2D eigenvalue weighted by Gasteiger charge is -2.08. The van der Waals surface area contributed by atoms with Gasteiger partial charge in [0, 0.05) is 18.0 Å². The minimum absolute atomic E-state index is 0.0548. The number of aryl methyl sites for hydroxylation is 2. The molecule has 1 N–H and O–H groups in total. The van der Waals surface area contributed by atoms with Gasteiger partial charge in [0.1, 0.15) is 16.9 Å². The Balaban J connectivity index is 1.86. The Morgan fingerprint density at radius 1 is 1.04 bits per heavy atom. The van der Waals surface area contributed by atoms with E-state index in [1.54, 1.807) is 24.3 Å². The quantitative estimate of drug-likeness (QED) is 0.414. The predicted molar refractivity (Wildman–Crippen MR) is 106 cm³/mol. The van der Waals surface area contributed by atoms with Crippen LogP contribution in [-0.2, 0) is 0 Å². The maximum Gasteiger partial charge on any atom is 0.349 e. The van der Waals surface area contributed by atoms with E-state index in [0.29, 0.717) is 17.5 Å². The van der Waals surface area contributed by atoms with Crippen LogP contribution in [0.1, 0.15) is 45.2 Å². The summed E-state index contributed by atoms with van der Waals surface area (Å²) in [7, 11) is 0. The smallest absolute Gasteiger partial charge is 0.349 e. The fraction of sp³-hybridized carbons (Fsp3) is 0.227. The van der Waals surface area contributed by atoms with Gasteiger partial charge in [-0.3, -0.25) is 4.79 Å². The minimum atomic E-state index is -0.737. The molecule has 2 aromatic carbocycles. The zero-order valence-corrected chi connectivity index (χ0v) is 16.0. The van der Waals surface area contributed by atoms with Crippen LogP contribution in [0.2, 0.25) is 0 Å². The van der Waals surface area contributed by atoms with Crippen molar-refractivity contribution in [1.82, 2.24) is 5.32 Å². The molecule has 0 aliphatic carbocycles. The van der Waals surface area contributed by atoms with Crippen molar-refractivity contribution >= 4 is 22.8 Å². The van der Waals surface area contributed by atoms with Crippen molar-refractivity contribution in [2.45, 2.75) is 27.2 Å². The Morgan fingerprint density at radius 3 is 2.54 bits per heavy atom. The molecule has 1 heterocycles. The molecule has 0 aliphatic heterocycles. The average Bonchev–Trinajstić information content (AvgIpc) is 2.67. The summed E-state index contributed by atoms with van der Waals surface area (Å²) in [5, 5.41) is 3.21. The fourth-order valence-corrected chi connectivity index (χ4v) is 2.68. The molecular formula is C22H21NO5. The second-order valence-electron chi connectivity index (χ2n) is 6.59. The van der Waals surface area contributed by atoms with Crippen LogP contribution in [0, 0.1) is 13.8 Å². The number of amides is 1. The molecule has 6 nitrogen and oxygen atoms in total. The highest BCUT2D eigenvalue weighted by Gasteiger charge is 2.15. The first-order valence-corrected chi connectivity index (χ1v) is 9.04. The van der Waals surface area contributed by atoms with Crippen LogP contribution in [0.4, 0.5) is 0 Å². The van der Waals surface area contributed by atoms with E-state index in [1.807, 2.05) is 26.8 Å². The van der Waals surface area contributed by atoms with Crippen LogP contribution in [0.5, 0.6) is 5.75 Å². The first kappa shape index (κ1) is 19.4. The SMILES string of the molecule is CCCNC(=O)c1cc2ccc(OC(=O)c3ccc(C)c(C)c3)cc2oc1=O. The summed E-state index contributed by atoms with van der Waals surface area (Å²) in [6.45, 7) is 6.28. The van der Waals surface area contributed by atoms with Crippen LogP contribution in [0.25, 0.3) is 11.0 Å². The van der Waals surface area contributed by atoms with E-state index in [-0.39, 0.29) is 16.9 Å². The lowest BCUT2D eigenvalue weighted by molar-refractivity contribution is 0.0734. The normalized spacial score (nSPS) is 10.7. The van der Waals surface area contributed by atoms with E-state index in [4.69, 9.17) is 9.15 Å². The monoisotopic (exact) mass is 379 g/mol. The molecule has 1 aromatic heterocycles. The molecule has 0 saturated carbocycles. The summed E-state index contributed by atoms with van der Waals surface area (Å²) in [6.07, 6.45) is 0.764. The highest BCUT2D eigenvalue weighted by molar-refractivity contribution is 5.97. The second-order valence-corrected chi connectivity index (χ2v) is 6.59. The third-order valence-corrected chi connectivity index (χ3v) is 4.44. The number of carbonyl (C=O) groups excluding carboxylic acids is 2. The summed E-state index contributed by atoms with van der Waals surface area (Å²) in [6, 6.07) is 11.5. The van der Waals surface area contributed by atoms with Crippen molar-refractivity contribution in [3.63, 3.8) is 0 Å². The van der Waals surface area contributed by atoms with Gasteiger partial charge >= 0.3 is 11.6 Å². The van der Waals surface area contributed by atoms with Crippen molar-refractivity contribution in [2.75, 3.05) is 6.54 Å². The van der Waals surface area contributed by atoms with Gasteiger partial charge < -0.3 is 14.5 Å². The largest absolute Gasteiger partial charge is 0.423 e. The molecule has 0 bridgehead atoms. The summed E-state index contributed by atoms with van der Waals surface area (Å²) >= 11 is 0. The Labute approximate surface area is 162 Å². The second kappa shape index (κ2) is 8.08. The molecule has 0 saturated heterocycles. The highest BCUT2D eigenvalue weighted by Crippen LogP contribution is 2.22. The number of rotatable bonds is 5. The van der Waals surface area contributed by atoms with Gasteiger partial charge in [-0.2, -0.15) is 0 Å². The Bertz CT molecular complexity index is 1110. The number of fused-ring (bicyclic) bond motifs is 1. The lowest BCUT2D eigenvalue weighted by Crippen LogP contribution is -2.28. The molecule has 0 aliphatic rings. The third kappa shape index (κ3) is 4.11. The number of hydrogen-bond acceptors (Lipinski definition) is 5. The molecule has 1 amide bonds. The van der Waals surface area contributed by atoms with Crippen LogP contribution in [0.3, 0.4) is 0 Å². The molecule has 0 atom stereocenters. The summed E-state index contributed by atoms with van der Waals surface area (Å²) in [5.41, 5.74) is 1.96. The number of benzene rings is 2. The lowest BCUT2D eigenvalue weighted by atomic mass is 10.1. The van der Waals surface area contributed by atoms with Gasteiger partial charge in [-0.15, -0.1) is 0 Å². The van der Waals surface area contributed by atoms with Gasteiger partial charge in [-0.05, 0) is 61.7 Å². The van der Waals surface area contributed by atoms with Crippen LogP contribution < -0.4 is 15.7 Å². The molecule has 0 radical (unpaired) electrons. The highest BCUT2D eigenvalue weighted by atomic mass is 16.5. The molecular weight excluding hydrogens is 358 g/mol. The Morgan fingerprint density at radius 2 is 1.82 bits per heavy atom. The summed E-state index contributed by atoms with van der Waals surface area (Å²) in [5.74, 6) is -0.717. The van der Waals surface area contributed by atoms with Gasteiger partial charge in [-0.25, -0.2) is 9.59 Å². The molecule has 0 fully saturated rings. The first-order valence-electron chi connectivity index (χ1n) is 9.04. The first-order chi connectivity index (χ1) is 13.4. The van der Waals surface area contributed by atoms with E-state index < -0.39 is 17.5 Å². The molecule has 3 aromatic rings. The van der Waals surface area contributed by atoms with Crippen LogP contribution >= 0.6 is 0 Å². The Kier molecular flexibility index (Phi) is 5.59. The topological polar surface area (TPSA) is 85.6 Å². The Hall–Kier alpha value is -3.41. The van der Waals surface area contributed by atoms with Gasteiger partial charge in [0.05, 0.1) is 5.56 Å². The van der Waals surface area contributed by atoms with E-state index in [1.165, 1.54) is 12.1 Å². The molecule has 3 rings (SSSR count). The van der Waals surface area contributed by atoms with Crippen LogP contribution in [-0.4, -0.2) is 18.4 Å². The van der Waals surface area contributed by atoms with Crippen molar-refractivity contribution in [2.24, 2.45) is 0 Å². The number of carbonyl (C=O) groups is 2. The maximum absolute atomic E-state index is 12.4. The fourth-order valence-electron chi connectivity index (χ4n) is 2.68. The summed E-state index contributed by atoms with van der Waals surface area (Å²) in [4.78, 5) is 36.5. The number of hydrogen-bond donors (Lipinski definition) is 1. The average molecular weight is 379 g/mol. The van der Waals surface area contributed by atoms with E-state index in [0.717, 1.165) is 17.5 Å². The van der Waals surface area contributed by atoms with Crippen LogP contribution in [0.15, 0.2) is 51.7 Å². The molecule has 6 heteroatoms. The minimum Gasteiger partial charge on any atom is -0.423 e. The zero-order chi connectivity index (χ0) is 20.3. The van der Waals surface area contributed by atoms with Crippen molar-refractivity contribution in [1.29, 1.82) is 0 Å². The van der Waals surface area contributed by atoms with E-state index in [2.05, 4.69) is 5.32 Å². The van der Waals surface area contributed by atoms with Crippen molar-refractivity contribution in [3.8, 4) is 5.75 Å². The molecule has 0 unspecified atom stereocenters. The van der Waals surface area contributed by atoms with Gasteiger partial charge in [0.25, 0.3) is 5.91 Å². The van der Waals surface area contributed by atoms with E-state index in [9.17, 15) is 14.4 Å². The summed E-state index contributed by atoms with van der Waals surface area (Å²) < 4.78 is 10.6. The van der Waals surface area contributed by atoms with Gasteiger partial charge in [-0.1, -0.05) is 13.0 Å². The predicted octanol–water partition coefficient (Wildman–Crippen LogP) is 3.77. The van der Waals surface area contributed by atoms with Crippen molar-refractivity contribution in [3.05, 3.63) is 75.1 Å². The number of ether oxygens (including phenoxy) is 1. The van der Waals surface area contributed by atoms with Gasteiger partial charge in [0.15, 0.2) is 0 Å². The molecule has 28 heavy (non-hydrogen) atoms. The van der Waals surface area contributed by atoms with Crippen molar-refractivity contribution < 1.29 is 18.7 Å². The van der Waals surface area contributed by atoms with Gasteiger partial charge in [0.2, 0.25) is 0 Å². The standard InChI is InChI=1S/C22H21NO5/c1-4-9-23-20(24)18-11-15-7-8-17(12-19(15)28-22(18)26)27-21(25)16-6-5-13(2)14(3)10-16/h5-8,10-12H,4,9H2,1-3H3,(H,23,24). The molecule has 0 spiro atoms. The third-order valence-electron chi connectivity index (χ3n) is 4.44. The molecule has 144 valence electrons. The number of esters is 1.